The van der Waals surface area contributed by atoms with Crippen molar-refractivity contribution in [2.45, 2.75) is 46.1 Å². The number of amides is 1. The number of carbonyl (C=O) groups is 1. The molecule has 1 aliphatic rings. The van der Waals surface area contributed by atoms with Gasteiger partial charge in [0.1, 0.15) is 0 Å². The van der Waals surface area contributed by atoms with Gasteiger partial charge in [-0.15, -0.1) is 0 Å². The maximum atomic E-state index is 12.4. The lowest BCUT2D eigenvalue weighted by Crippen LogP contribution is -2.43. The first kappa shape index (κ1) is 17.2. The van der Waals surface area contributed by atoms with E-state index in [2.05, 4.69) is 36.0 Å². The van der Waals surface area contributed by atoms with Gasteiger partial charge in [0, 0.05) is 12.2 Å². The van der Waals surface area contributed by atoms with Gasteiger partial charge in [0.15, 0.2) is 5.15 Å². The van der Waals surface area contributed by atoms with Gasteiger partial charge in [0.2, 0.25) is 5.91 Å². The van der Waals surface area contributed by atoms with Crippen molar-refractivity contribution >= 4 is 23.2 Å². The van der Waals surface area contributed by atoms with Gasteiger partial charge in [-0.2, -0.15) is 0 Å². The highest BCUT2D eigenvalue weighted by atomic mass is 35.5. The Morgan fingerprint density at radius 1 is 1.45 bits per heavy atom. The van der Waals surface area contributed by atoms with Crippen LogP contribution in [0, 0.1) is 11.8 Å². The Labute approximate surface area is 138 Å². The van der Waals surface area contributed by atoms with Crippen molar-refractivity contribution in [3.8, 4) is 0 Å². The summed E-state index contributed by atoms with van der Waals surface area (Å²) in [6, 6.07) is 4.02. The summed E-state index contributed by atoms with van der Waals surface area (Å²) < 4.78 is 0. The summed E-state index contributed by atoms with van der Waals surface area (Å²) in [5, 5.41) is 3.21. The molecule has 122 valence electrons. The van der Waals surface area contributed by atoms with E-state index in [0.29, 0.717) is 29.3 Å². The number of carbonyl (C=O) groups excluding carboxylic acids is 1. The number of nitrogens with zero attached hydrogens (tertiary/aromatic N) is 2. The Morgan fingerprint density at radius 2 is 2.23 bits per heavy atom. The second-order valence-corrected chi connectivity index (χ2v) is 7.00. The van der Waals surface area contributed by atoms with E-state index < -0.39 is 0 Å². The molecule has 1 fully saturated rings. The van der Waals surface area contributed by atoms with Gasteiger partial charge >= 0.3 is 0 Å². The molecule has 1 aromatic rings. The normalized spacial score (nSPS) is 23.3. The largest absolute Gasteiger partial charge is 0.322 e. The Hall–Kier alpha value is -1.13. The van der Waals surface area contributed by atoms with Crippen LogP contribution in [0.3, 0.4) is 0 Å². The summed E-state index contributed by atoms with van der Waals surface area (Å²) in [5.41, 5.74) is 0.582. The molecule has 22 heavy (non-hydrogen) atoms. The van der Waals surface area contributed by atoms with Crippen LogP contribution in [0.15, 0.2) is 18.3 Å². The Morgan fingerprint density at radius 3 is 2.91 bits per heavy atom. The molecule has 1 aromatic heterocycles. The number of halogens is 1. The van der Waals surface area contributed by atoms with Crippen LogP contribution < -0.4 is 5.32 Å². The molecule has 0 bridgehead atoms. The zero-order valence-electron chi connectivity index (χ0n) is 13.7. The third-order valence-electron chi connectivity index (χ3n) is 4.48. The zero-order chi connectivity index (χ0) is 16.1. The number of anilines is 1. The zero-order valence-corrected chi connectivity index (χ0v) is 14.4. The summed E-state index contributed by atoms with van der Waals surface area (Å²) in [4.78, 5) is 18.7. The first-order valence-electron chi connectivity index (χ1n) is 8.11. The summed E-state index contributed by atoms with van der Waals surface area (Å²) in [6.45, 7) is 8.18. The number of rotatable bonds is 4. The molecule has 0 aliphatic carbocycles. The van der Waals surface area contributed by atoms with Crippen molar-refractivity contribution in [2.24, 2.45) is 11.8 Å². The Balaban J connectivity index is 2.00. The summed E-state index contributed by atoms with van der Waals surface area (Å²) in [6.07, 6.45) is 5.18. The lowest BCUT2D eigenvalue weighted by atomic mass is 9.95. The molecule has 4 nitrogen and oxygen atoms in total. The summed E-state index contributed by atoms with van der Waals surface area (Å²) >= 11 is 6.00. The minimum Gasteiger partial charge on any atom is -0.322 e. The van der Waals surface area contributed by atoms with Gasteiger partial charge in [0.25, 0.3) is 0 Å². The molecule has 0 saturated carbocycles. The van der Waals surface area contributed by atoms with Crippen LogP contribution in [0.5, 0.6) is 0 Å². The molecular formula is C17H26ClN3O. The van der Waals surface area contributed by atoms with Crippen LogP contribution in [-0.4, -0.2) is 34.9 Å². The van der Waals surface area contributed by atoms with Gasteiger partial charge in [-0.25, -0.2) is 4.98 Å². The van der Waals surface area contributed by atoms with Crippen molar-refractivity contribution in [3.63, 3.8) is 0 Å². The first-order valence-corrected chi connectivity index (χ1v) is 8.49. The fourth-order valence-corrected chi connectivity index (χ4v) is 3.31. The number of likely N-dealkylation sites (tertiary alicyclic amines) is 1. The molecule has 2 unspecified atom stereocenters. The second-order valence-electron chi connectivity index (χ2n) is 6.64. The quantitative estimate of drug-likeness (QED) is 0.857. The molecule has 0 aromatic carbocycles. The van der Waals surface area contributed by atoms with E-state index in [0.717, 1.165) is 18.9 Å². The number of hydrogen-bond donors (Lipinski definition) is 1. The fraction of sp³-hybridized carbons (Fsp3) is 0.647. The van der Waals surface area contributed by atoms with Crippen molar-refractivity contribution in [1.82, 2.24) is 9.88 Å². The van der Waals surface area contributed by atoms with Crippen molar-refractivity contribution < 1.29 is 4.79 Å². The van der Waals surface area contributed by atoms with Gasteiger partial charge in [-0.1, -0.05) is 32.4 Å². The van der Waals surface area contributed by atoms with E-state index in [9.17, 15) is 4.79 Å². The van der Waals surface area contributed by atoms with Gasteiger partial charge in [-0.05, 0) is 49.8 Å². The molecule has 0 radical (unpaired) electrons. The number of aromatic nitrogens is 1. The third-order valence-corrected chi connectivity index (χ3v) is 4.78. The van der Waals surface area contributed by atoms with E-state index in [-0.39, 0.29) is 5.91 Å². The monoisotopic (exact) mass is 323 g/mol. The molecule has 2 atom stereocenters. The molecule has 5 heteroatoms. The maximum Gasteiger partial charge on any atom is 0.238 e. The average Bonchev–Trinajstić information content (AvgIpc) is 2.64. The summed E-state index contributed by atoms with van der Waals surface area (Å²) in [7, 11) is 0. The highest BCUT2D eigenvalue weighted by Crippen LogP contribution is 2.26. The molecule has 2 heterocycles. The predicted octanol–water partition coefficient (Wildman–Crippen LogP) is 3.82. The Bertz CT molecular complexity index is 506. The molecule has 1 N–H and O–H groups in total. The standard InChI is InChI=1S/C17H26ClN3O/c1-12(2)15-7-6-13(3)8-10-21(15)11-16(22)20-14-5-4-9-19-17(14)18/h4-5,9,12-13,15H,6-8,10-11H2,1-3H3,(H,20,22). The Kier molecular flexibility index (Phi) is 6.21. The topological polar surface area (TPSA) is 45.2 Å². The maximum absolute atomic E-state index is 12.4. The van der Waals surface area contributed by atoms with Crippen molar-refractivity contribution in [2.75, 3.05) is 18.4 Å². The van der Waals surface area contributed by atoms with Crippen LogP contribution in [-0.2, 0) is 4.79 Å². The first-order chi connectivity index (χ1) is 10.5. The van der Waals surface area contributed by atoms with Gasteiger partial charge in [0.05, 0.1) is 12.2 Å². The number of hydrogen-bond acceptors (Lipinski definition) is 3. The van der Waals surface area contributed by atoms with Crippen LogP contribution >= 0.6 is 11.6 Å². The number of nitrogens with one attached hydrogen (secondary N) is 1. The summed E-state index contributed by atoms with van der Waals surface area (Å²) in [5.74, 6) is 1.28. The molecule has 2 rings (SSSR count). The molecule has 0 spiro atoms. The minimum atomic E-state index is -0.0184. The highest BCUT2D eigenvalue weighted by molar-refractivity contribution is 6.32. The SMILES string of the molecule is CC1CCC(C(C)C)N(CC(=O)Nc2cccnc2Cl)CC1. The van der Waals surface area contributed by atoms with E-state index in [1.807, 2.05) is 0 Å². The van der Waals surface area contributed by atoms with E-state index >= 15 is 0 Å². The van der Waals surface area contributed by atoms with Crippen molar-refractivity contribution in [3.05, 3.63) is 23.5 Å². The molecule has 1 saturated heterocycles. The molecule has 1 amide bonds. The van der Waals surface area contributed by atoms with Gasteiger partial charge in [-0.3, -0.25) is 9.69 Å². The smallest absolute Gasteiger partial charge is 0.238 e. The second kappa shape index (κ2) is 7.93. The van der Waals surface area contributed by atoms with E-state index in [1.165, 1.54) is 12.8 Å². The number of pyridine rings is 1. The van der Waals surface area contributed by atoms with Crippen LogP contribution in [0.25, 0.3) is 0 Å². The molecular weight excluding hydrogens is 298 g/mol. The average molecular weight is 324 g/mol. The van der Waals surface area contributed by atoms with Crippen LogP contribution in [0.1, 0.15) is 40.0 Å². The van der Waals surface area contributed by atoms with E-state index in [1.54, 1.807) is 18.3 Å². The lowest BCUT2D eigenvalue weighted by Gasteiger charge is -2.32. The fourth-order valence-electron chi connectivity index (χ4n) is 3.14. The van der Waals surface area contributed by atoms with Crippen molar-refractivity contribution in [1.29, 1.82) is 0 Å². The van der Waals surface area contributed by atoms with Crippen LogP contribution in [0.2, 0.25) is 5.15 Å². The highest BCUT2D eigenvalue weighted by Gasteiger charge is 2.27. The minimum absolute atomic E-state index is 0.0184. The predicted molar refractivity (Wildman–Crippen MR) is 91.1 cm³/mol. The lowest BCUT2D eigenvalue weighted by molar-refractivity contribution is -0.118. The van der Waals surface area contributed by atoms with Gasteiger partial charge < -0.3 is 5.32 Å². The van der Waals surface area contributed by atoms with Crippen LogP contribution in [0.4, 0.5) is 5.69 Å². The van der Waals surface area contributed by atoms with E-state index in [4.69, 9.17) is 11.6 Å². The third kappa shape index (κ3) is 4.68. The molecule has 1 aliphatic heterocycles.